The number of nitrogens with one attached hydrogen (secondary N) is 2. The Morgan fingerprint density at radius 3 is 2.59 bits per heavy atom. The monoisotopic (exact) mass is 402 g/mol. The van der Waals surface area contributed by atoms with Gasteiger partial charge < -0.3 is 36.7 Å². The predicted molar refractivity (Wildman–Crippen MR) is 110 cm³/mol. The molecular weight excluding hydrogens is 376 g/mol. The van der Waals surface area contributed by atoms with Crippen molar-refractivity contribution in [1.29, 1.82) is 0 Å². The Bertz CT molecular complexity index is 914. The van der Waals surface area contributed by atoms with Gasteiger partial charge in [0.1, 0.15) is 5.70 Å². The summed E-state index contributed by atoms with van der Waals surface area (Å²) in [4.78, 5) is 20.7. The number of para-hydroxylation sites is 1. The molecule has 1 aromatic carbocycles. The average Bonchev–Trinajstić information content (AvgIpc) is 2.72. The molecule has 1 unspecified atom stereocenters. The molecule has 29 heavy (non-hydrogen) atoms. The van der Waals surface area contributed by atoms with E-state index < -0.39 is 12.0 Å². The Labute approximate surface area is 168 Å². The zero-order chi connectivity index (χ0) is 21.6. The standard InChI is InChI=1S/C19H26N6O4/c1-10(26)8-23-17(27)16(22-2)15(21)12-7-5-6-11(14(12)20)13-9-24-19(29-4)25-18(13)28-3/h5-7,9-10,22,26H,8,20-21H2,1-4H3,(H,23,27)/b16-15+. The largest absolute Gasteiger partial charge is 0.480 e. The van der Waals surface area contributed by atoms with Crippen LogP contribution in [0.4, 0.5) is 5.69 Å². The first-order valence-corrected chi connectivity index (χ1v) is 8.82. The summed E-state index contributed by atoms with van der Waals surface area (Å²) in [7, 11) is 4.51. The lowest BCUT2D eigenvalue weighted by atomic mass is 9.99. The van der Waals surface area contributed by atoms with E-state index in [1.807, 2.05) is 0 Å². The lowest BCUT2D eigenvalue weighted by molar-refractivity contribution is -0.118. The van der Waals surface area contributed by atoms with Crippen molar-refractivity contribution in [2.45, 2.75) is 13.0 Å². The summed E-state index contributed by atoms with van der Waals surface area (Å²) in [5.74, 6) is -0.173. The van der Waals surface area contributed by atoms with Gasteiger partial charge in [-0.2, -0.15) is 4.98 Å². The van der Waals surface area contributed by atoms with Gasteiger partial charge in [0.05, 0.1) is 31.6 Å². The van der Waals surface area contributed by atoms with Crippen LogP contribution in [0.3, 0.4) is 0 Å². The molecule has 156 valence electrons. The summed E-state index contributed by atoms with van der Waals surface area (Å²) in [6, 6.07) is 5.38. The predicted octanol–water partition coefficient (Wildman–Crippen LogP) is 0.0867. The highest BCUT2D eigenvalue weighted by Crippen LogP contribution is 2.36. The van der Waals surface area contributed by atoms with E-state index in [2.05, 4.69) is 20.6 Å². The van der Waals surface area contributed by atoms with Crippen LogP contribution in [-0.4, -0.2) is 54.9 Å². The van der Waals surface area contributed by atoms with Gasteiger partial charge in [0.25, 0.3) is 5.91 Å². The van der Waals surface area contributed by atoms with Gasteiger partial charge in [-0.15, -0.1) is 0 Å². The van der Waals surface area contributed by atoms with Crippen molar-refractivity contribution in [3.63, 3.8) is 0 Å². The van der Waals surface area contributed by atoms with Crippen LogP contribution in [0, 0.1) is 0 Å². The Morgan fingerprint density at radius 2 is 2.00 bits per heavy atom. The van der Waals surface area contributed by atoms with Crippen molar-refractivity contribution in [3.05, 3.63) is 35.7 Å². The molecule has 10 heteroatoms. The third kappa shape index (κ3) is 4.85. The van der Waals surface area contributed by atoms with E-state index in [9.17, 15) is 9.90 Å². The quantitative estimate of drug-likeness (QED) is 0.305. The molecule has 0 aliphatic carbocycles. The molecule has 1 amide bonds. The fraction of sp³-hybridized carbons (Fsp3) is 0.316. The summed E-state index contributed by atoms with van der Waals surface area (Å²) in [5.41, 5.74) is 14.8. The molecule has 0 saturated carbocycles. The van der Waals surface area contributed by atoms with E-state index in [0.717, 1.165) is 0 Å². The molecule has 1 aromatic heterocycles. The van der Waals surface area contributed by atoms with Crippen molar-refractivity contribution in [2.24, 2.45) is 5.73 Å². The molecule has 0 aliphatic heterocycles. The number of nitrogens with zero attached hydrogens (tertiary/aromatic N) is 2. The number of nitrogens with two attached hydrogens (primary N) is 2. The number of anilines is 1. The summed E-state index contributed by atoms with van der Waals surface area (Å²) < 4.78 is 10.3. The normalized spacial score (nSPS) is 12.6. The van der Waals surface area contributed by atoms with Crippen LogP contribution in [0.5, 0.6) is 11.9 Å². The first-order chi connectivity index (χ1) is 13.8. The van der Waals surface area contributed by atoms with Crippen LogP contribution in [0.15, 0.2) is 30.1 Å². The second-order valence-corrected chi connectivity index (χ2v) is 6.14. The smallest absolute Gasteiger partial charge is 0.319 e. The van der Waals surface area contributed by atoms with Crippen LogP contribution < -0.4 is 31.6 Å². The summed E-state index contributed by atoms with van der Waals surface area (Å²) in [6.45, 7) is 1.66. The minimum atomic E-state index is -0.686. The molecule has 0 fully saturated rings. The maximum absolute atomic E-state index is 12.4. The average molecular weight is 402 g/mol. The minimum absolute atomic E-state index is 0.0905. The van der Waals surface area contributed by atoms with Gasteiger partial charge in [-0.05, 0) is 6.92 Å². The summed E-state index contributed by atoms with van der Waals surface area (Å²) >= 11 is 0. The molecule has 2 rings (SSSR count). The number of carbonyl (C=O) groups is 1. The number of rotatable bonds is 8. The van der Waals surface area contributed by atoms with E-state index in [4.69, 9.17) is 20.9 Å². The number of carbonyl (C=O) groups excluding carboxylic acids is 1. The van der Waals surface area contributed by atoms with Gasteiger partial charge >= 0.3 is 6.01 Å². The van der Waals surface area contributed by atoms with Gasteiger partial charge in [0.15, 0.2) is 0 Å². The summed E-state index contributed by atoms with van der Waals surface area (Å²) in [5, 5.41) is 14.8. The van der Waals surface area contributed by atoms with Gasteiger partial charge in [-0.3, -0.25) is 4.79 Å². The number of aliphatic hydroxyl groups is 1. The second kappa shape index (κ2) is 9.60. The number of amides is 1. The number of hydrogen-bond acceptors (Lipinski definition) is 9. The number of aliphatic hydroxyl groups excluding tert-OH is 1. The highest BCUT2D eigenvalue weighted by atomic mass is 16.5. The van der Waals surface area contributed by atoms with E-state index in [1.165, 1.54) is 20.4 Å². The Morgan fingerprint density at radius 1 is 1.28 bits per heavy atom. The van der Waals surface area contributed by atoms with Crippen molar-refractivity contribution in [2.75, 3.05) is 33.5 Å². The maximum Gasteiger partial charge on any atom is 0.319 e. The van der Waals surface area contributed by atoms with E-state index in [-0.39, 0.29) is 29.8 Å². The Kier molecular flexibility index (Phi) is 7.21. The van der Waals surface area contributed by atoms with Gasteiger partial charge in [-0.1, -0.05) is 18.2 Å². The van der Waals surface area contributed by atoms with Crippen molar-refractivity contribution >= 4 is 17.3 Å². The first-order valence-electron chi connectivity index (χ1n) is 8.82. The lowest BCUT2D eigenvalue weighted by Gasteiger charge is -2.17. The first kappa shape index (κ1) is 21.8. The van der Waals surface area contributed by atoms with Gasteiger partial charge in [-0.25, -0.2) is 4.98 Å². The zero-order valence-corrected chi connectivity index (χ0v) is 16.8. The van der Waals surface area contributed by atoms with Gasteiger partial charge in [0, 0.05) is 36.6 Å². The van der Waals surface area contributed by atoms with Crippen LogP contribution in [0.1, 0.15) is 12.5 Å². The molecule has 1 heterocycles. The fourth-order valence-electron chi connectivity index (χ4n) is 2.66. The van der Waals surface area contributed by atoms with E-state index >= 15 is 0 Å². The third-order valence-electron chi connectivity index (χ3n) is 4.10. The highest BCUT2D eigenvalue weighted by molar-refractivity contribution is 6.02. The summed E-state index contributed by atoms with van der Waals surface area (Å²) in [6.07, 6.45) is 0.850. The second-order valence-electron chi connectivity index (χ2n) is 6.14. The topological polar surface area (TPSA) is 158 Å². The van der Waals surface area contributed by atoms with Crippen LogP contribution in [-0.2, 0) is 4.79 Å². The molecule has 10 nitrogen and oxygen atoms in total. The van der Waals surface area contributed by atoms with Crippen molar-refractivity contribution in [3.8, 4) is 23.0 Å². The number of benzene rings is 1. The molecule has 0 radical (unpaired) electrons. The molecule has 7 N–H and O–H groups in total. The Hall–Kier alpha value is -3.53. The number of ether oxygens (including phenoxy) is 2. The Balaban J connectivity index is 2.53. The maximum atomic E-state index is 12.4. The molecular formula is C19H26N6O4. The zero-order valence-electron chi connectivity index (χ0n) is 16.8. The third-order valence-corrected chi connectivity index (χ3v) is 4.10. The van der Waals surface area contributed by atoms with Crippen molar-refractivity contribution in [1.82, 2.24) is 20.6 Å². The molecule has 0 saturated heterocycles. The SMILES string of the molecule is CN/C(C(=O)NCC(C)O)=C(/N)c1cccc(-c2cnc(OC)nc2OC)c1N. The van der Waals surface area contributed by atoms with Crippen molar-refractivity contribution < 1.29 is 19.4 Å². The molecule has 0 bridgehead atoms. The molecule has 1 atom stereocenters. The fourth-order valence-corrected chi connectivity index (χ4v) is 2.66. The minimum Gasteiger partial charge on any atom is -0.480 e. The van der Waals surface area contributed by atoms with Crippen LogP contribution >= 0.6 is 0 Å². The number of aromatic nitrogens is 2. The molecule has 0 spiro atoms. The van der Waals surface area contributed by atoms with Gasteiger partial charge in [0.2, 0.25) is 5.88 Å². The van der Waals surface area contributed by atoms with E-state index in [0.29, 0.717) is 22.4 Å². The number of nitrogen functional groups attached to an aromatic ring is 1. The van der Waals surface area contributed by atoms with Crippen LogP contribution in [0.25, 0.3) is 16.8 Å². The molecule has 0 aliphatic rings. The molecule has 2 aromatic rings. The number of methoxy groups -OCH3 is 2. The van der Waals surface area contributed by atoms with Crippen LogP contribution in [0.2, 0.25) is 0 Å². The number of likely N-dealkylation sites (N-methyl/N-ethyl adjacent to an activating group) is 1. The lowest BCUT2D eigenvalue weighted by Crippen LogP contribution is -2.36. The number of hydrogen-bond donors (Lipinski definition) is 5. The highest BCUT2D eigenvalue weighted by Gasteiger charge is 2.19. The van der Waals surface area contributed by atoms with E-state index in [1.54, 1.807) is 32.2 Å².